The number of nitrogens with two attached hydrogens (primary N) is 1. The Morgan fingerprint density at radius 1 is 1.27 bits per heavy atom. The summed E-state index contributed by atoms with van der Waals surface area (Å²) in [6, 6.07) is 7.37. The van der Waals surface area contributed by atoms with Crippen molar-refractivity contribution >= 4 is 5.97 Å². The van der Waals surface area contributed by atoms with Crippen LogP contribution in [0.1, 0.15) is 5.56 Å². The molecule has 0 amide bonds. The van der Waals surface area contributed by atoms with Crippen LogP contribution >= 0.6 is 0 Å². The Labute approximate surface area is 128 Å². The molecule has 1 aromatic carbocycles. The van der Waals surface area contributed by atoms with Crippen LogP contribution in [0, 0.1) is 5.92 Å². The lowest BCUT2D eigenvalue weighted by molar-refractivity contribution is -0.132. The van der Waals surface area contributed by atoms with Crippen LogP contribution in [0.5, 0.6) is 5.75 Å². The van der Waals surface area contributed by atoms with Gasteiger partial charge in [-0.2, -0.15) is 0 Å². The van der Waals surface area contributed by atoms with Gasteiger partial charge in [-0.3, -0.25) is 0 Å². The monoisotopic (exact) mass is 305 g/mol. The third kappa shape index (κ3) is 3.07. The number of carbonyl (C=O) groups is 1. The number of aliphatic carboxylic acids is 1. The van der Waals surface area contributed by atoms with Crippen LogP contribution in [-0.2, 0) is 16.0 Å². The fourth-order valence-electron chi connectivity index (χ4n) is 2.59. The largest absolute Gasteiger partial charge is 0.509 e. The van der Waals surface area contributed by atoms with Crippen LogP contribution in [0.15, 0.2) is 47.4 Å². The molecule has 0 spiro atoms. The highest BCUT2D eigenvalue weighted by Gasteiger charge is 2.34. The van der Waals surface area contributed by atoms with Gasteiger partial charge in [0, 0.05) is 18.7 Å². The molecule has 0 radical (unpaired) electrons. The molecule has 2 rings (SSSR count). The van der Waals surface area contributed by atoms with E-state index in [0.717, 1.165) is 17.4 Å². The first-order valence-corrected chi connectivity index (χ1v) is 6.77. The maximum atomic E-state index is 11.2. The number of carboxylic acids is 1. The van der Waals surface area contributed by atoms with Crippen molar-refractivity contribution in [2.75, 3.05) is 14.2 Å². The van der Waals surface area contributed by atoms with Gasteiger partial charge in [0.15, 0.2) is 0 Å². The van der Waals surface area contributed by atoms with Gasteiger partial charge in [0.05, 0.1) is 12.7 Å². The molecule has 0 fully saturated rings. The summed E-state index contributed by atoms with van der Waals surface area (Å²) in [6.07, 6.45) is 0.935. The minimum Gasteiger partial charge on any atom is -0.509 e. The molecule has 0 aliphatic heterocycles. The molecular formula is C16H19NO5. The molecule has 1 aliphatic carbocycles. The van der Waals surface area contributed by atoms with E-state index < -0.39 is 18.0 Å². The van der Waals surface area contributed by atoms with Crippen molar-refractivity contribution in [1.29, 1.82) is 0 Å². The number of ether oxygens (including phenoxy) is 2. The molecule has 0 aromatic heterocycles. The van der Waals surface area contributed by atoms with E-state index in [1.165, 1.54) is 7.11 Å². The van der Waals surface area contributed by atoms with Crippen LogP contribution in [-0.4, -0.2) is 36.5 Å². The quantitative estimate of drug-likeness (QED) is 0.764. The molecule has 22 heavy (non-hydrogen) atoms. The number of carboxylic acid groups (broad SMARTS) is 1. The van der Waals surface area contributed by atoms with Gasteiger partial charge < -0.3 is 25.4 Å². The van der Waals surface area contributed by atoms with Crippen LogP contribution in [0.25, 0.3) is 0 Å². The van der Waals surface area contributed by atoms with Crippen LogP contribution in [0.4, 0.5) is 0 Å². The number of hydrogen-bond acceptors (Lipinski definition) is 5. The number of rotatable bonds is 5. The van der Waals surface area contributed by atoms with Gasteiger partial charge in [-0.1, -0.05) is 12.1 Å². The van der Waals surface area contributed by atoms with Crippen molar-refractivity contribution in [3.63, 3.8) is 0 Å². The number of aliphatic hydroxyl groups excluding tert-OH is 1. The zero-order valence-electron chi connectivity index (χ0n) is 12.4. The third-order valence-electron chi connectivity index (χ3n) is 3.76. The van der Waals surface area contributed by atoms with Crippen molar-refractivity contribution < 1.29 is 24.5 Å². The van der Waals surface area contributed by atoms with Crippen molar-refractivity contribution in [3.05, 3.63) is 52.9 Å². The molecule has 0 saturated heterocycles. The van der Waals surface area contributed by atoms with E-state index in [1.807, 2.05) is 24.3 Å². The highest BCUT2D eigenvalue weighted by Crippen LogP contribution is 2.31. The van der Waals surface area contributed by atoms with E-state index in [0.29, 0.717) is 6.42 Å². The third-order valence-corrected chi connectivity index (χ3v) is 3.76. The molecule has 118 valence electrons. The number of benzene rings is 1. The highest BCUT2D eigenvalue weighted by atomic mass is 16.5. The lowest BCUT2D eigenvalue weighted by Crippen LogP contribution is -2.36. The first-order chi connectivity index (χ1) is 10.5. The summed E-state index contributed by atoms with van der Waals surface area (Å²) in [5, 5.41) is 19.2. The Hall–Kier alpha value is -2.47. The molecule has 6 nitrogen and oxygen atoms in total. The normalized spacial score (nSPS) is 21.5. The van der Waals surface area contributed by atoms with Crippen molar-refractivity contribution in [2.45, 2.75) is 12.5 Å². The Balaban J connectivity index is 2.32. The number of methoxy groups -OCH3 is 2. The van der Waals surface area contributed by atoms with Crippen molar-refractivity contribution in [1.82, 2.24) is 0 Å². The molecule has 2 atom stereocenters. The van der Waals surface area contributed by atoms with E-state index in [-0.39, 0.29) is 17.0 Å². The molecule has 6 heteroatoms. The summed E-state index contributed by atoms with van der Waals surface area (Å²) < 4.78 is 10.4. The fraction of sp³-hybridized carbons (Fsp3) is 0.312. The second-order valence-electron chi connectivity index (χ2n) is 5.06. The Morgan fingerprint density at radius 2 is 1.91 bits per heavy atom. The van der Waals surface area contributed by atoms with Gasteiger partial charge in [0.2, 0.25) is 0 Å². The molecule has 0 bridgehead atoms. The second kappa shape index (κ2) is 6.53. The van der Waals surface area contributed by atoms with Gasteiger partial charge in [-0.05, 0) is 30.2 Å². The van der Waals surface area contributed by atoms with Gasteiger partial charge in [-0.15, -0.1) is 0 Å². The summed E-state index contributed by atoms with van der Waals surface area (Å²) in [4.78, 5) is 11.2. The minimum atomic E-state index is -1.17. The van der Waals surface area contributed by atoms with Gasteiger partial charge >= 0.3 is 5.97 Å². The van der Waals surface area contributed by atoms with E-state index in [1.54, 1.807) is 7.11 Å². The lowest BCUT2D eigenvalue weighted by Gasteiger charge is -2.30. The Bertz CT molecular complexity index is 618. The highest BCUT2D eigenvalue weighted by molar-refractivity contribution is 5.91. The van der Waals surface area contributed by atoms with E-state index in [4.69, 9.17) is 15.2 Å². The molecule has 2 unspecified atom stereocenters. The summed E-state index contributed by atoms with van der Waals surface area (Å²) in [6.45, 7) is 0. The molecular weight excluding hydrogens is 286 g/mol. The minimum absolute atomic E-state index is 0.0932. The SMILES string of the molecule is COc1ccc(CC2C(N)=C(C(=O)O)C=C(O)C2OC)cc1. The van der Waals surface area contributed by atoms with Gasteiger partial charge in [-0.25, -0.2) is 4.79 Å². The van der Waals surface area contributed by atoms with Crippen LogP contribution in [0.3, 0.4) is 0 Å². The Morgan fingerprint density at radius 3 is 2.41 bits per heavy atom. The first kappa shape index (κ1) is 15.9. The number of aliphatic hydroxyl groups is 1. The average molecular weight is 305 g/mol. The molecule has 4 N–H and O–H groups in total. The van der Waals surface area contributed by atoms with Gasteiger partial charge in [0.1, 0.15) is 17.6 Å². The molecule has 1 aliphatic rings. The lowest BCUT2D eigenvalue weighted by atomic mass is 9.84. The smallest absolute Gasteiger partial charge is 0.337 e. The van der Waals surface area contributed by atoms with E-state index in [9.17, 15) is 15.0 Å². The Kier molecular flexibility index (Phi) is 4.72. The summed E-state index contributed by atoms with van der Waals surface area (Å²) in [5.74, 6) is -1.02. The summed E-state index contributed by atoms with van der Waals surface area (Å²) >= 11 is 0. The van der Waals surface area contributed by atoms with Crippen LogP contribution < -0.4 is 10.5 Å². The summed E-state index contributed by atoms with van der Waals surface area (Å²) in [7, 11) is 3.04. The topological polar surface area (TPSA) is 102 Å². The zero-order chi connectivity index (χ0) is 16.3. The zero-order valence-corrected chi connectivity index (χ0v) is 12.4. The molecule has 0 saturated carbocycles. The molecule has 0 heterocycles. The first-order valence-electron chi connectivity index (χ1n) is 6.77. The maximum absolute atomic E-state index is 11.2. The predicted molar refractivity (Wildman–Crippen MR) is 80.5 cm³/mol. The second-order valence-corrected chi connectivity index (χ2v) is 5.06. The fourth-order valence-corrected chi connectivity index (χ4v) is 2.59. The van der Waals surface area contributed by atoms with Gasteiger partial charge in [0.25, 0.3) is 0 Å². The van der Waals surface area contributed by atoms with E-state index >= 15 is 0 Å². The van der Waals surface area contributed by atoms with Crippen molar-refractivity contribution in [3.8, 4) is 5.75 Å². The average Bonchev–Trinajstić information content (AvgIpc) is 2.51. The van der Waals surface area contributed by atoms with Crippen molar-refractivity contribution in [2.24, 2.45) is 11.7 Å². The van der Waals surface area contributed by atoms with Crippen LogP contribution in [0.2, 0.25) is 0 Å². The standard InChI is InChI=1S/C16H19NO5/c1-21-10-5-3-9(4-6-10)7-11-14(17)12(16(19)20)8-13(18)15(11)22-2/h3-6,8,11,15,18H,7,17H2,1-2H3,(H,19,20). The number of hydrogen-bond donors (Lipinski definition) is 3. The maximum Gasteiger partial charge on any atom is 0.337 e. The predicted octanol–water partition coefficient (Wildman–Crippen LogP) is 1.62. The summed E-state index contributed by atoms with van der Waals surface area (Å²) in [5.41, 5.74) is 7.04. The molecule has 1 aromatic rings. The van der Waals surface area contributed by atoms with E-state index in [2.05, 4.69) is 0 Å².